The van der Waals surface area contributed by atoms with Gasteiger partial charge in [0.2, 0.25) is 5.95 Å². The van der Waals surface area contributed by atoms with Gasteiger partial charge in [-0.3, -0.25) is 0 Å². The molecule has 1 aliphatic carbocycles. The summed E-state index contributed by atoms with van der Waals surface area (Å²) in [5.41, 5.74) is 0. The fourth-order valence-electron chi connectivity index (χ4n) is 2.81. The van der Waals surface area contributed by atoms with Crippen molar-refractivity contribution in [2.24, 2.45) is 11.8 Å². The lowest BCUT2D eigenvalue weighted by molar-refractivity contribution is 0.244. The van der Waals surface area contributed by atoms with Crippen LogP contribution in [-0.4, -0.2) is 30.8 Å². The van der Waals surface area contributed by atoms with Crippen LogP contribution in [-0.2, 0) is 10.0 Å². The Kier molecular flexibility index (Phi) is 3.30. The minimum absolute atomic E-state index is 0.177. The van der Waals surface area contributed by atoms with E-state index in [4.69, 9.17) is 0 Å². The van der Waals surface area contributed by atoms with E-state index in [0.29, 0.717) is 24.9 Å². The molecule has 104 valence electrons. The second-order valence-electron chi connectivity index (χ2n) is 5.40. The molecule has 0 amide bonds. The maximum atomic E-state index is 13.1. The van der Waals surface area contributed by atoms with Crippen molar-refractivity contribution in [2.45, 2.75) is 30.7 Å². The minimum atomic E-state index is -3.64. The van der Waals surface area contributed by atoms with Crippen LogP contribution in [0.25, 0.3) is 0 Å². The van der Waals surface area contributed by atoms with Gasteiger partial charge < -0.3 is 0 Å². The van der Waals surface area contributed by atoms with E-state index in [9.17, 15) is 12.8 Å². The molecule has 0 spiro atoms. The van der Waals surface area contributed by atoms with Crippen molar-refractivity contribution < 1.29 is 12.8 Å². The fraction of sp³-hybridized carbons (Fsp3) is 0.615. The van der Waals surface area contributed by atoms with Crippen LogP contribution >= 0.6 is 0 Å². The topological polar surface area (TPSA) is 50.3 Å². The molecule has 1 aromatic heterocycles. The first-order valence-electron chi connectivity index (χ1n) is 6.70. The second-order valence-corrected chi connectivity index (χ2v) is 7.29. The number of hydrogen-bond acceptors (Lipinski definition) is 3. The van der Waals surface area contributed by atoms with Gasteiger partial charge in [0.1, 0.15) is 0 Å². The van der Waals surface area contributed by atoms with E-state index in [1.807, 2.05) is 0 Å². The van der Waals surface area contributed by atoms with Gasteiger partial charge in [0.25, 0.3) is 10.0 Å². The summed E-state index contributed by atoms with van der Waals surface area (Å²) < 4.78 is 39.4. The van der Waals surface area contributed by atoms with Crippen molar-refractivity contribution in [1.29, 1.82) is 0 Å². The van der Waals surface area contributed by atoms with Crippen molar-refractivity contribution >= 4 is 10.0 Å². The second kappa shape index (κ2) is 4.83. The molecule has 0 bridgehead atoms. The lowest BCUT2D eigenvalue weighted by atomic mass is 9.95. The molecule has 19 heavy (non-hydrogen) atoms. The van der Waals surface area contributed by atoms with Crippen LogP contribution in [0.5, 0.6) is 0 Å². The van der Waals surface area contributed by atoms with Gasteiger partial charge in [-0.15, -0.1) is 0 Å². The number of rotatable bonds is 3. The molecule has 1 saturated heterocycles. The van der Waals surface area contributed by atoms with E-state index in [1.54, 1.807) is 0 Å². The summed E-state index contributed by atoms with van der Waals surface area (Å²) in [5.74, 6) is 0.410. The predicted octanol–water partition coefficient (Wildman–Crippen LogP) is 2.03. The first-order valence-corrected chi connectivity index (χ1v) is 8.14. The molecule has 1 atom stereocenters. The lowest BCUT2D eigenvalue weighted by Crippen LogP contribution is -2.40. The summed E-state index contributed by atoms with van der Waals surface area (Å²) in [6.07, 6.45) is 4.43. The van der Waals surface area contributed by atoms with Gasteiger partial charge in [0, 0.05) is 13.1 Å². The molecular weight excluding hydrogens is 267 g/mol. The Balaban J connectivity index is 1.83. The molecular formula is C13H17FN2O2S. The molecule has 4 nitrogen and oxygen atoms in total. The number of pyridine rings is 1. The molecule has 6 heteroatoms. The molecule has 1 aliphatic heterocycles. The normalized spacial score (nSPS) is 25.4. The highest BCUT2D eigenvalue weighted by atomic mass is 32.2. The first kappa shape index (κ1) is 13.0. The van der Waals surface area contributed by atoms with E-state index in [-0.39, 0.29) is 5.03 Å². The highest BCUT2D eigenvalue weighted by Gasteiger charge is 2.38. The third kappa shape index (κ3) is 2.65. The van der Waals surface area contributed by atoms with Crippen LogP contribution in [0.1, 0.15) is 25.7 Å². The Bertz CT molecular complexity index is 572. The van der Waals surface area contributed by atoms with Crippen LogP contribution in [0.4, 0.5) is 4.39 Å². The van der Waals surface area contributed by atoms with E-state index in [2.05, 4.69) is 4.98 Å². The Labute approximate surface area is 112 Å². The van der Waals surface area contributed by atoms with Crippen LogP contribution in [0, 0.1) is 17.8 Å². The summed E-state index contributed by atoms with van der Waals surface area (Å²) in [6.45, 7) is 1.08. The minimum Gasteiger partial charge on any atom is -0.206 e. The molecule has 0 radical (unpaired) electrons. The van der Waals surface area contributed by atoms with Crippen LogP contribution in [0.2, 0.25) is 0 Å². The zero-order chi connectivity index (χ0) is 13.5. The van der Waals surface area contributed by atoms with Crippen molar-refractivity contribution in [2.75, 3.05) is 13.1 Å². The summed E-state index contributed by atoms with van der Waals surface area (Å²) >= 11 is 0. The van der Waals surface area contributed by atoms with E-state index in [1.165, 1.54) is 29.3 Å². The van der Waals surface area contributed by atoms with Crippen molar-refractivity contribution in [3.8, 4) is 0 Å². The summed E-state index contributed by atoms with van der Waals surface area (Å²) in [4.78, 5) is 3.51. The van der Waals surface area contributed by atoms with E-state index >= 15 is 0 Å². The smallest absolute Gasteiger partial charge is 0.206 e. The molecule has 0 N–H and O–H groups in total. The van der Waals surface area contributed by atoms with Gasteiger partial charge >= 0.3 is 0 Å². The zero-order valence-corrected chi connectivity index (χ0v) is 11.4. The van der Waals surface area contributed by atoms with Crippen LogP contribution in [0.15, 0.2) is 23.2 Å². The van der Waals surface area contributed by atoms with Gasteiger partial charge in [-0.25, -0.2) is 13.4 Å². The average molecular weight is 284 g/mol. The predicted molar refractivity (Wildman–Crippen MR) is 68.4 cm³/mol. The van der Waals surface area contributed by atoms with Gasteiger partial charge in [0.05, 0.1) is 0 Å². The molecule has 2 heterocycles. The molecule has 1 saturated carbocycles. The monoisotopic (exact) mass is 284 g/mol. The number of aromatic nitrogens is 1. The van der Waals surface area contributed by atoms with Gasteiger partial charge in [0.15, 0.2) is 5.03 Å². The number of nitrogens with zero attached hydrogens (tertiary/aromatic N) is 2. The van der Waals surface area contributed by atoms with Gasteiger partial charge in [-0.2, -0.15) is 8.70 Å². The van der Waals surface area contributed by atoms with Gasteiger partial charge in [-0.1, -0.05) is 6.07 Å². The summed E-state index contributed by atoms with van der Waals surface area (Å²) in [7, 11) is -3.64. The Morgan fingerprint density at radius 3 is 2.68 bits per heavy atom. The van der Waals surface area contributed by atoms with E-state index in [0.717, 1.165) is 18.9 Å². The molecule has 1 aromatic rings. The molecule has 2 fully saturated rings. The van der Waals surface area contributed by atoms with Crippen LogP contribution < -0.4 is 0 Å². The number of sulfonamides is 1. The number of hydrogen-bond donors (Lipinski definition) is 0. The lowest BCUT2D eigenvalue weighted by Gasteiger charge is -2.31. The van der Waals surface area contributed by atoms with Gasteiger partial charge in [-0.05, 0) is 49.7 Å². The van der Waals surface area contributed by atoms with Crippen molar-refractivity contribution in [3.05, 3.63) is 24.1 Å². The number of piperidine rings is 1. The average Bonchev–Trinajstić information content (AvgIpc) is 3.23. The first-order chi connectivity index (χ1) is 9.07. The van der Waals surface area contributed by atoms with Crippen molar-refractivity contribution in [1.82, 2.24) is 9.29 Å². The highest BCUT2D eigenvalue weighted by molar-refractivity contribution is 7.89. The SMILES string of the molecule is O=S(=O)(c1cccc(F)n1)N1CCCC(C2CC2)C1. The Hall–Kier alpha value is -1.01. The van der Waals surface area contributed by atoms with Crippen molar-refractivity contribution in [3.63, 3.8) is 0 Å². The zero-order valence-electron chi connectivity index (χ0n) is 10.6. The highest BCUT2D eigenvalue weighted by Crippen LogP contribution is 2.41. The quantitative estimate of drug-likeness (QED) is 0.798. The molecule has 2 aliphatic rings. The maximum absolute atomic E-state index is 13.1. The number of halogens is 1. The van der Waals surface area contributed by atoms with E-state index < -0.39 is 16.0 Å². The summed E-state index contributed by atoms with van der Waals surface area (Å²) in [6, 6.07) is 3.90. The van der Waals surface area contributed by atoms with Crippen LogP contribution in [0.3, 0.4) is 0 Å². The largest absolute Gasteiger partial charge is 0.260 e. The maximum Gasteiger partial charge on any atom is 0.260 e. The molecule has 3 rings (SSSR count). The Morgan fingerprint density at radius 2 is 2.00 bits per heavy atom. The Morgan fingerprint density at radius 1 is 1.21 bits per heavy atom. The summed E-state index contributed by atoms with van der Waals surface area (Å²) in [5, 5.41) is -0.177. The standard InChI is InChI=1S/C13H17FN2O2S/c14-12-4-1-5-13(15-12)19(17,18)16-8-2-3-11(9-16)10-6-7-10/h1,4-5,10-11H,2-3,6-9H2. The third-order valence-corrected chi connectivity index (χ3v) is 5.77. The fourth-order valence-corrected chi connectivity index (χ4v) is 4.29. The molecule has 1 unspecified atom stereocenters. The molecule has 0 aromatic carbocycles. The third-order valence-electron chi connectivity index (χ3n) is 4.00.